The van der Waals surface area contributed by atoms with E-state index in [1.807, 2.05) is 0 Å². The molecule has 90 valence electrons. The van der Waals surface area contributed by atoms with Gasteiger partial charge in [0.1, 0.15) is 0 Å². The van der Waals surface area contributed by atoms with Crippen molar-refractivity contribution in [3.63, 3.8) is 0 Å². The Morgan fingerprint density at radius 3 is 2.94 bits per heavy atom. The molecule has 1 aliphatic carbocycles. The summed E-state index contributed by atoms with van der Waals surface area (Å²) < 4.78 is 0. The smallest absolute Gasteiger partial charge is 0.177 e. The van der Waals surface area contributed by atoms with Crippen LogP contribution in [0.3, 0.4) is 0 Å². The molecule has 1 aromatic rings. The molecule has 1 aromatic heterocycles. The molecule has 1 aliphatic rings. The Kier molecular flexibility index (Phi) is 3.23. The first-order chi connectivity index (χ1) is 7.57. The van der Waals surface area contributed by atoms with Gasteiger partial charge in [0.25, 0.3) is 0 Å². The van der Waals surface area contributed by atoms with Crippen LogP contribution in [0.1, 0.15) is 44.9 Å². The van der Waals surface area contributed by atoms with Crippen LogP contribution in [-0.2, 0) is 13.5 Å². The number of aromatic nitrogens is 4. The van der Waals surface area contributed by atoms with Gasteiger partial charge >= 0.3 is 0 Å². The van der Waals surface area contributed by atoms with Crippen LogP contribution >= 0.6 is 0 Å². The van der Waals surface area contributed by atoms with E-state index in [2.05, 4.69) is 22.3 Å². The average molecular weight is 224 g/mol. The van der Waals surface area contributed by atoms with Gasteiger partial charge in [0, 0.05) is 6.42 Å². The van der Waals surface area contributed by atoms with E-state index < -0.39 is 5.60 Å². The lowest BCUT2D eigenvalue weighted by Gasteiger charge is -2.24. The highest BCUT2D eigenvalue weighted by Gasteiger charge is 2.31. The third kappa shape index (κ3) is 2.78. The molecular weight excluding hydrogens is 204 g/mol. The van der Waals surface area contributed by atoms with E-state index in [-0.39, 0.29) is 0 Å². The van der Waals surface area contributed by atoms with Gasteiger partial charge in [-0.1, -0.05) is 19.8 Å². The molecule has 1 fully saturated rings. The van der Waals surface area contributed by atoms with Crippen molar-refractivity contribution < 1.29 is 5.11 Å². The quantitative estimate of drug-likeness (QED) is 0.764. The van der Waals surface area contributed by atoms with Gasteiger partial charge < -0.3 is 5.11 Å². The van der Waals surface area contributed by atoms with Crippen molar-refractivity contribution in [2.75, 3.05) is 0 Å². The molecule has 2 atom stereocenters. The van der Waals surface area contributed by atoms with Crippen LogP contribution in [0.15, 0.2) is 0 Å². The fraction of sp³-hybridized carbons (Fsp3) is 0.909. The molecular formula is C11H20N4O. The molecule has 1 saturated carbocycles. The molecule has 0 spiro atoms. The van der Waals surface area contributed by atoms with Crippen LogP contribution in [0.5, 0.6) is 0 Å². The second-order valence-electron chi connectivity index (χ2n) is 5.13. The predicted octanol–water partition coefficient (Wildman–Crippen LogP) is 1.08. The molecule has 2 rings (SSSR count). The van der Waals surface area contributed by atoms with Crippen molar-refractivity contribution in [3.05, 3.63) is 5.82 Å². The van der Waals surface area contributed by atoms with Gasteiger partial charge in [-0.05, 0) is 30.4 Å². The molecule has 1 N–H and O–H groups in total. The lowest BCUT2D eigenvalue weighted by atomic mass is 9.90. The van der Waals surface area contributed by atoms with E-state index in [9.17, 15) is 5.11 Å². The SMILES string of the molecule is CC1CCCC(O)(Cc2nnn(C)n2)CC1. The summed E-state index contributed by atoms with van der Waals surface area (Å²) >= 11 is 0. The molecule has 1 heterocycles. The Labute approximate surface area is 95.9 Å². The van der Waals surface area contributed by atoms with E-state index >= 15 is 0 Å². The van der Waals surface area contributed by atoms with E-state index in [0.717, 1.165) is 31.6 Å². The summed E-state index contributed by atoms with van der Waals surface area (Å²) in [6, 6.07) is 0. The van der Waals surface area contributed by atoms with Crippen molar-refractivity contribution in [1.29, 1.82) is 0 Å². The number of nitrogens with zero attached hydrogens (tertiary/aromatic N) is 4. The Bertz CT molecular complexity index is 352. The number of hydrogen-bond acceptors (Lipinski definition) is 4. The zero-order chi connectivity index (χ0) is 11.6. The van der Waals surface area contributed by atoms with Gasteiger partial charge in [-0.25, -0.2) is 0 Å². The topological polar surface area (TPSA) is 63.8 Å². The minimum absolute atomic E-state index is 0.535. The molecule has 0 aromatic carbocycles. The Morgan fingerprint density at radius 1 is 1.44 bits per heavy atom. The first-order valence-electron chi connectivity index (χ1n) is 6.03. The third-order valence-electron chi connectivity index (χ3n) is 3.48. The molecule has 0 bridgehead atoms. The first-order valence-corrected chi connectivity index (χ1v) is 6.03. The van der Waals surface area contributed by atoms with Crippen LogP contribution in [-0.4, -0.2) is 30.9 Å². The minimum Gasteiger partial charge on any atom is -0.389 e. The van der Waals surface area contributed by atoms with Crippen molar-refractivity contribution in [1.82, 2.24) is 20.2 Å². The van der Waals surface area contributed by atoms with Crippen LogP contribution in [0.2, 0.25) is 0 Å². The monoisotopic (exact) mass is 224 g/mol. The van der Waals surface area contributed by atoms with Gasteiger partial charge in [0.15, 0.2) is 5.82 Å². The molecule has 5 heteroatoms. The fourth-order valence-corrected chi connectivity index (χ4v) is 2.43. The van der Waals surface area contributed by atoms with E-state index in [1.54, 1.807) is 7.05 Å². The van der Waals surface area contributed by atoms with Crippen molar-refractivity contribution in [3.8, 4) is 0 Å². The maximum Gasteiger partial charge on any atom is 0.177 e. The second kappa shape index (κ2) is 4.49. The molecule has 5 nitrogen and oxygen atoms in total. The number of aryl methyl sites for hydroxylation is 1. The Hall–Kier alpha value is -0.970. The average Bonchev–Trinajstić information content (AvgIpc) is 2.53. The summed E-state index contributed by atoms with van der Waals surface area (Å²) in [5.41, 5.74) is -0.617. The van der Waals surface area contributed by atoms with Crippen LogP contribution in [0.4, 0.5) is 0 Å². The zero-order valence-corrected chi connectivity index (χ0v) is 10.1. The van der Waals surface area contributed by atoms with Crippen LogP contribution in [0, 0.1) is 5.92 Å². The van der Waals surface area contributed by atoms with E-state index in [0.29, 0.717) is 12.2 Å². The number of aliphatic hydroxyl groups is 1. The zero-order valence-electron chi connectivity index (χ0n) is 10.1. The normalized spacial score (nSPS) is 31.3. The highest BCUT2D eigenvalue weighted by Crippen LogP contribution is 2.31. The predicted molar refractivity (Wildman–Crippen MR) is 59.7 cm³/mol. The third-order valence-corrected chi connectivity index (χ3v) is 3.48. The van der Waals surface area contributed by atoms with Gasteiger partial charge in [-0.3, -0.25) is 0 Å². The van der Waals surface area contributed by atoms with Gasteiger partial charge in [0.2, 0.25) is 0 Å². The van der Waals surface area contributed by atoms with Crippen molar-refractivity contribution in [2.24, 2.45) is 13.0 Å². The van der Waals surface area contributed by atoms with Gasteiger partial charge in [-0.15, -0.1) is 10.2 Å². The Morgan fingerprint density at radius 2 is 2.25 bits per heavy atom. The Balaban J connectivity index is 2.01. The second-order valence-corrected chi connectivity index (χ2v) is 5.13. The summed E-state index contributed by atoms with van der Waals surface area (Å²) in [7, 11) is 1.75. The van der Waals surface area contributed by atoms with Crippen molar-refractivity contribution in [2.45, 2.75) is 51.0 Å². The minimum atomic E-state index is -0.617. The number of hydrogen-bond donors (Lipinski definition) is 1. The fourth-order valence-electron chi connectivity index (χ4n) is 2.43. The maximum absolute atomic E-state index is 10.5. The largest absolute Gasteiger partial charge is 0.389 e. The highest BCUT2D eigenvalue weighted by atomic mass is 16.3. The summed E-state index contributed by atoms with van der Waals surface area (Å²) in [6.07, 6.45) is 5.65. The van der Waals surface area contributed by atoms with E-state index in [1.165, 1.54) is 11.2 Å². The lowest BCUT2D eigenvalue weighted by molar-refractivity contribution is 0.0224. The molecule has 2 unspecified atom stereocenters. The molecule has 0 amide bonds. The molecule has 0 aliphatic heterocycles. The molecule has 0 radical (unpaired) electrons. The van der Waals surface area contributed by atoms with Crippen LogP contribution < -0.4 is 0 Å². The number of rotatable bonds is 2. The molecule has 16 heavy (non-hydrogen) atoms. The van der Waals surface area contributed by atoms with Gasteiger partial charge in [0.05, 0.1) is 12.6 Å². The first kappa shape index (κ1) is 11.5. The standard InChI is InChI=1S/C11H20N4O/c1-9-4-3-6-11(16,7-5-9)8-10-12-14-15(2)13-10/h9,16H,3-8H2,1-2H3. The molecule has 0 saturated heterocycles. The maximum atomic E-state index is 10.5. The lowest BCUT2D eigenvalue weighted by Crippen LogP contribution is -2.31. The summed E-state index contributed by atoms with van der Waals surface area (Å²) in [6.45, 7) is 2.26. The van der Waals surface area contributed by atoms with E-state index in [4.69, 9.17) is 0 Å². The van der Waals surface area contributed by atoms with Crippen LogP contribution in [0.25, 0.3) is 0 Å². The number of tetrazole rings is 1. The van der Waals surface area contributed by atoms with Gasteiger partial charge in [-0.2, -0.15) is 4.80 Å². The summed E-state index contributed by atoms with van der Waals surface area (Å²) in [5.74, 6) is 1.38. The van der Waals surface area contributed by atoms with Crippen molar-refractivity contribution >= 4 is 0 Å². The summed E-state index contributed by atoms with van der Waals surface area (Å²) in [5, 5.41) is 22.4. The summed E-state index contributed by atoms with van der Waals surface area (Å²) in [4.78, 5) is 1.44. The highest BCUT2D eigenvalue weighted by molar-refractivity contribution is 4.92.